The first-order valence-electron chi connectivity index (χ1n) is 9.76. The molecule has 8 heteroatoms. The Labute approximate surface area is 183 Å². The molecule has 1 aromatic heterocycles. The molecule has 0 bridgehead atoms. The van der Waals surface area contributed by atoms with Gasteiger partial charge in [-0.15, -0.1) is 0 Å². The Morgan fingerprint density at radius 3 is 2.39 bits per heavy atom. The van der Waals surface area contributed by atoms with E-state index in [1.807, 2.05) is 12.1 Å². The first kappa shape index (κ1) is 21.0. The molecular weight excluding hydrogens is 416 g/mol. The summed E-state index contributed by atoms with van der Waals surface area (Å²) in [6.45, 7) is 0.378. The summed E-state index contributed by atoms with van der Waals surface area (Å²) in [5.41, 5.74) is 0.668. The largest absolute Gasteiger partial charge is 0.458 e. The van der Waals surface area contributed by atoms with Crippen molar-refractivity contribution in [3.63, 3.8) is 0 Å². The Balaban J connectivity index is 1.33. The fraction of sp³-hybridized carbons (Fsp3) is 0.217. The Hall–Kier alpha value is -3.23. The average Bonchev–Trinajstić information content (AvgIpc) is 3.27. The molecule has 7 nitrogen and oxygen atoms in total. The first-order chi connectivity index (χ1) is 15.1. The fourth-order valence-corrected chi connectivity index (χ4v) is 4.24. The van der Waals surface area contributed by atoms with Crippen LogP contribution in [0, 0.1) is 0 Å². The summed E-state index contributed by atoms with van der Waals surface area (Å²) in [7, 11) is 0. The summed E-state index contributed by atoms with van der Waals surface area (Å²) in [6.07, 6.45) is 1.69. The number of Topliss-reactive ketones (excluding diaryl/α,β-unsaturated/α-hetero) is 1. The predicted octanol–water partition coefficient (Wildman–Crippen LogP) is 3.11. The molecule has 0 unspecified atom stereocenters. The topological polar surface area (TPSA) is 87.5 Å². The zero-order chi connectivity index (χ0) is 21.6. The lowest BCUT2D eigenvalue weighted by molar-refractivity contribution is 0.0273. The molecule has 2 heterocycles. The van der Waals surface area contributed by atoms with Crippen LogP contribution in [0.1, 0.15) is 31.8 Å². The second-order valence-electron chi connectivity index (χ2n) is 6.89. The first-order valence-corrected chi connectivity index (χ1v) is 10.7. The maximum atomic E-state index is 12.5. The van der Waals surface area contributed by atoms with E-state index in [1.54, 1.807) is 60.8 Å². The minimum absolute atomic E-state index is 0.0620. The molecular formula is C23H20N2O5S. The maximum absolute atomic E-state index is 12.5. The standard InChI is InChI=1S/C23H20N2O5S/c26-19(16-7-3-1-4-8-16)13-18-11-12-25(23(28)24-18)20-14-29-21(31-20)15-30-22(27)17-9-5-2-6-10-17/h1-12,20-21H,13-15H2/t20-,21-/m1/s1. The lowest BCUT2D eigenvalue weighted by Gasteiger charge is -2.12. The third kappa shape index (κ3) is 5.28. The van der Waals surface area contributed by atoms with Crippen LogP contribution in [0.5, 0.6) is 0 Å². The molecule has 1 fully saturated rings. The van der Waals surface area contributed by atoms with E-state index in [2.05, 4.69) is 4.98 Å². The van der Waals surface area contributed by atoms with Gasteiger partial charge in [0.1, 0.15) is 17.4 Å². The number of rotatable bonds is 7. The minimum Gasteiger partial charge on any atom is -0.458 e. The number of ketones is 1. The zero-order valence-corrected chi connectivity index (χ0v) is 17.4. The Bertz CT molecular complexity index is 1120. The SMILES string of the molecule is O=C(Cc1ccn([C@H]2CO[C@@H](COC(=O)c3ccccc3)S2)c(=O)n1)c1ccccc1. The number of hydrogen-bond donors (Lipinski definition) is 0. The molecule has 0 N–H and O–H groups in total. The Morgan fingerprint density at radius 1 is 1.03 bits per heavy atom. The molecule has 3 aromatic rings. The highest BCUT2D eigenvalue weighted by Crippen LogP contribution is 2.34. The monoisotopic (exact) mass is 436 g/mol. The number of nitrogens with zero attached hydrogens (tertiary/aromatic N) is 2. The minimum atomic E-state index is -0.443. The normalized spacial score (nSPS) is 17.9. The summed E-state index contributed by atoms with van der Waals surface area (Å²) < 4.78 is 12.4. The summed E-state index contributed by atoms with van der Waals surface area (Å²) in [5, 5.41) is -0.278. The van der Waals surface area contributed by atoms with Gasteiger partial charge in [-0.2, -0.15) is 4.98 Å². The van der Waals surface area contributed by atoms with Gasteiger partial charge >= 0.3 is 11.7 Å². The number of aromatic nitrogens is 2. The molecule has 1 saturated heterocycles. The lowest BCUT2D eigenvalue weighted by atomic mass is 10.1. The molecule has 1 aliphatic rings. The summed E-state index contributed by atoms with van der Waals surface area (Å²) in [5.74, 6) is -0.511. The number of carbonyl (C=O) groups excluding carboxylic acids is 2. The van der Waals surface area contributed by atoms with Gasteiger partial charge in [-0.05, 0) is 18.2 Å². The summed E-state index contributed by atoms with van der Waals surface area (Å²) >= 11 is 1.39. The van der Waals surface area contributed by atoms with E-state index in [1.165, 1.54) is 16.3 Å². The highest BCUT2D eigenvalue weighted by atomic mass is 32.2. The third-order valence-corrected chi connectivity index (χ3v) is 5.98. The van der Waals surface area contributed by atoms with Crippen molar-refractivity contribution < 1.29 is 19.1 Å². The van der Waals surface area contributed by atoms with E-state index in [0.29, 0.717) is 23.4 Å². The van der Waals surface area contributed by atoms with E-state index in [-0.39, 0.29) is 29.6 Å². The van der Waals surface area contributed by atoms with E-state index in [9.17, 15) is 14.4 Å². The van der Waals surface area contributed by atoms with Crippen LogP contribution in [0.15, 0.2) is 77.7 Å². The molecule has 0 spiro atoms. The van der Waals surface area contributed by atoms with Gasteiger partial charge in [-0.3, -0.25) is 9.36 Å². The van der Waals surface area contributed by atoms with Gasteiger partial charge in [0.15, 0.2) is 5.78 Å². The molecule has 158 valence electrons. The van der Waals surface area contributed by atoms with Crippen LogP contribution < -0.4 is 5.69 Å². The number of benzene rings is 2. The van der Waals surface area contributed by atoms with Crippen LogP contribution in [-0.2, 0) is 15.9 Å². The van der Waals surface area contributed by atoms with Crippen LogP contribution in [0.2, 0.25) is 0 Å². The number of carbonyl (C=O) groups is 2. The van der Waals surface area contributed by atoms with Gasteiger partial charge in [0.25, 0.3) is 0 Å². The third-order valence-electron chi connectivity index (χ3n) is 4.73. The highest BCUT2D eigenvalue weighted by Gasteiger charge is 2.29. The number of hydrogen-bond acceptors (Lipinski definition) is 7. The fourth-order valence-electron chi connectivity index (χ4n) is 3.13. The van der Waals surface area contributed by atoms with Crippen LogP contribution in [0.25, 0.3) is 0 Å². The number of esters is 1. The zero-order valence-electron chi connectivity index (χ0n) is 16.5. The molecule has 0 radical (unpaired) electrons. The van der Waals surface area contributed by atoms with E-state index >= 15 is 0 Å². The van der Waals surface area contributed by atoms with Crippen molar-refractivity contribution in [2.45, 2.75) is 17.2 Å². The van der Waals surface area contributed by atoms with Crippen molar-refractivity contribution in [1.29, 1.82) is 0 Å². The van der Waals surface area contributed by atoms with Crippen LogP contribution in [-0.4, -0.2) is 40.0 Å². The quantitative estimate of drug-likeness (QED) is 0.415. The molecule has 0 amide bonds. The second-order valence-corrected chi connectivity index (χ2v) is 8.23. The molecule has 0 aliphatic carbocycles. The van der Waals surface area contributed by atoms with E-state index in [0.717, 1.165) is 0 Å². The summed E-state index contributed by atoms with van der Waals surface area (Å²) in [6, 6.07) is 19.3. The molecule has 2 atom stereocenters. The van der Waals surface area contributed by atoms with Crippen molar-refractivity contribution in [2.24, 2.45) is 0 Å². The maximum Gasteiger partial charge on any atom is 0.348 e. The van der Waals surface area contributed by atoms with Crippen molar-refractivity contribution in [3.8, 4) is 0 Å². The van der Waals surface area contributed by atoms with Crippen molar-refractivity contribution in [1.82, 2.24) is 9.55 Å². The molecule has 0 saturated carbocycles. The summed E-state index contributed by atoms with van der Waals surface area (Å²) in [4.78, 5) is 40.9. The van der Waals surface area contributed by atoms with Crippen molar-refractivity contribution >= 4 is 23.5 Å². The van der Waals surface area contributed by atoms with Gasteiger partial charge in [-0.1, -0.05) is 60.3 Å². The Morgan fingerprint density at radius 2 is 1.71 bits per heavy atom. The molecule has 1 aliphatic heterocycles. The number of ether oxygens (including phenoxy) is 2. The van der Waals surface area contributed by atoms with Gasteiger partial charge in [-0.25, -0.2) is 9.59 Å². The average molecular weight is 436 g/mol. The highest BCUT2D eigenvalue weighted by molar-refractivity contribution is 8.00. The second kappa shape index (κ2) is 9.72. The number of thioether (sulfide) groups is 1. The van der Waals surface area contributed by atoms with Crippen LogP contribution in [0.4, 0.5) is 0 Å². The van der Waals surface area contributed by atoms with E-state index in [4.69, 9.17) is 9.47 Å². The van der Waals surface area contributed by atoms with Crippen molar-refractivity contribution in [2.75, 3.05) is 13.2 Å². The van der Waals surface area contributed by atoms with Crippen molar-refractivity contribution in [3.05, 3.63) is 100 Å². The molecule has 31 heavy (non-hydrogen) atoms. The van der Waals surface area contributed by atoms with Gasteiger partial charge < -0.3 is 9.47 Å². The van der Waals surface area contributed by atoms with Gasteiger partial charge in [0, 0.05) is 11.8 Å². The molecule has 4 rings (SSSR count). The smallest absolute Gasteiger partial charge is 0.348 e. The van der Waals surface area contributed by atoms with E-state index < -0.39 is 11.7 Å². The van der Waals surface area contributed by atoms with Crippen LogP contribution >= 0.6 is 11.8 Å². The molecule has 2 aromatic carbocycles. The predicted molar refractivity (Wildman–Crippen MR) is 116 cm³/mol. The van der Waals surface area contributed by atoms with Gasteiger partial charge in [0.05, 0.1) is 24.3 Å². The van der Waals surface area contributed by atoms with Gasteiger partial charge in [0.2, 0.25) is 0 Å². The van der Waals surface area contributed by atoms with Crippen LogP contribution in [0.3, 0.4) is 0 Å². The lowest BCUT2D eigenvalue weighted by Crippen LogP contribution is -2.27. The Kier molecular flexibility index (Phi) is 6.59.